The van der Waals surface area contributed by atoms with Crippen molar-refractivity contribution < 1.29 is 17.9 Å². The molecule has 2 aromatic rings. The Morgan fingerprint density at radius 1 is 1.09 bits per heavy atom. The second kappa shape index (κ2) is 6.86. The van der Waals surface area contributed by atoms with E-state index in [1.807, 2.05) is 0 Å². The topological polar surface area (TPSA) is 98.5 Å². The van der Waals surface area contributed by atoms with Crippen LogP contribution in [0.25, 0.3) is 0 Å². The molecule has 8 heteroatoms. The molecule has 3 N–H and O–H groups in total. The summed E-state index contributed by atoms with van der Waals surface area (Å²) in [7, 11) is -2.22. The number of nitrogens with one attached hydrogen (secondary N) is 1. The van der Waals surface area contributed by atoms with Crippen LogP contribution in [0.15, 0.2) is 53.4 Å². The molecule has 0 saturated heterocycles. The summed E-state index contributed by atoms with van der Waals surface area (Å²) >= 11 is 5.14. The number of amides is 1. The van der Waals surface area contributed by atoms with Gasteiger partial charge >= 0.3 is 0 Å². The maximum atomic E-state index is 12.1. The van der Waals surface area contributed by atoms with Crippen LogP contribution in [0.5, 0.6) is 5.75 Å². The van der Waals surface area contributed by atoms with Crippen molar-refractivity contribution in [2.45, 2.75) is 4.90 Å². The van der Waals surface area contributed by atoms with E-state index in [1.165, 1.54) is 24.3 Å². The fourth-order valence-corrected chi connectivity index (χ4v) is 2.49. The number of methoxy groups -OCH3 is 1. The Bertz CT molecular complexity index is 829. The lowest BCUT2D eigenvalue weighted by Gasteiger charge is -2.08. The van der Waals surface area contributed by atoms with Crippen LogP contribution in [0, 0.1) is 0 Å². The number of hydrogen-bond acceptors (Lipinski definition) is 5. The van der Waals surface area contributed by atoms with Gasteiger partial charge in [0.05, 0.1) is 12.0 Å². The molecule has 0 bridgehead atoms. The minimum absolute atomic E-state index is 0.0340. The number of nitrogens with two attached hydrogens (primary N) is 1. The molecule has 0 aliphatic rings. The molecule has 0 atom stereocenters. The lowest BCUT2D eigenvalue weighted by Crippen LogP contribution is -2.22. The predicted octanol–water partition coefficient (Wildman–Crippen LogP) is 1.70. The molecule has 23 heavy (non-hydrogen) atoms. The Balaban J connectivity index is 2.10. The van der Waals surface area contributed by atoms with Crippen molar-refractivity contribution in [1.29, 1.82) is 0 Å². The number of ether oxygens (including phenoxy) is 1. The van der Waals surface area contributed by atoms with Crippen LogP contribution >= 0.6 is 12.2 Å². The van der Waals surface area contributed by atoms with Gasteiger partial charge in [0.2, 0.25) is 10.0 Å². The van der Waals surface area contributed by atoms with E-state index in [0.29, 0.717) is 17.0 Å². The molecule has 0 unspecified atom stereocenters. The third kappa shape index (κ3) is 4.35. The number of carbonyl (C=O) groups is 1. The second-order valence-electron chi connectivity index (χ2n) is 4.58. The molecule has 0 fully saturated rings. The number of sulfonamides is 1. The summed E-state index contributed by atoms with van der Waals surface area (Å²) in [6.45, 7) is 0. The highest BCUT2D eigenvalue weighted by Crippen LogP contribution is 2.15. The fraction of sp³-hybridized carbons (Fsp3) is 0.0667. The first-order chi connectivity index (χ1) is 10.8. The summed E-state index contributed by atoms with van der Waals surface area (Å²) in [5, 5.41) is 7.61. The molecule has 2 aromatic carbocycles. The third-order valence-electron chi connectivity index (χ3n) is 3.00. The molecule has 0 aromatic heterocycles. The van der Waals surface area contributed by atoms with E-state index < -0.39 is 15.9 Å². The van der Waals surface area contributed by atoms with Crippen molar-refractivity contribution in [2.75, 3.05) is 12.4 Å². The number of anilines is 1. The standard InChI is InChI=1S/C15H14N2O4S2/c1-21-12-6-2-10(3-7-12)14(22)15(18)17-11-4-8-13(9-5-11)23(16,19)20/h2-9H,1H3,(H,17,18)(H2,16,19,20). The van der Waals surface area contributed by atoms with Crippen molar-refractivity contribution in [3.8, 4) is 5.75 Å². The summed E-state index contributed by atoms with van der Waals surface area (Å²) < 4.78 is 27.4. The van der Waals surface area contributed by atoms with Crippen LogP contribution in [0.1, 0.15) is 5.56 Å². The van der Waals surface area contributed by atoms with Gasteiger partial charge in [0.15, 0.2) is 0 Å². The summed E-state index contributed by atoms with van der Waals surface area (Å²) in [6, 6.07) is 12.3. The van der Waals surface area contributed by atoms with Gasteiger partial charge in [-0.1, -0.05) is 12.2 Å². The van der Waals surface area contributed by atoms with E-state index in [1.54, 1.807) is 31.4 Å². The van der Waals surface area contributed by atoms with E-state index in [2.05, 4.69) is 5.32 Å². The van der Waals surface area contributed by atoms with Gasteiger partial charge in [-0.2, -0.15) is 0 Å². The first kappa shape index (κ1) is 17.1. The Hall–Kier alpha value is -2.29. The highest BCUT2D eigenvalue weighted by atomic mass is 32.2. The van der Waals surface area contributed by atoms with Gasteiger partial charge in [0.25, 0.3) is 5.91 Å². The third-order valence-corrected chi connectivity index (χ3v) is 4.35. The molecule has 0 saturated carbocycles. The van der Waals surface area contributed by atoms with E-state index in [4.69, 9.17) is 22.1 Å². The Kier molecular flexibility index (Phi) is 5.09. The van der Waals surface area contributed by atoms with Crippen LogP contribution in [-0.2, 0) is 14.8 Å². The monoisotopic (exact) mass is 350 g/mol. The maximum Gasteiger partial charge on any atom is 0.267 e. The number of benzene rings is 2. The van der Waals surface area contributed by atoms with Crippen molar-refractivity contribution in [2.24, 2.45) is 5.14 Å². The lowest BCUT2D eigenvalue weighted by atomic mass is 10.1. The summed E-state index contributed by atoms with van der Waals surface area (Å²) in [4.78, 5) is 12.2. The van der Waals surface area contributed by atoms with E-state index in [9.17, 15) is 13.2 Å². The number of primary sulfonamides is 1. The van der Waals surface area contributed by atoms with Gasteiger partial charge < -0.3 is 10.1 Å². The average Bonchev–Trinajstić information content (AvgIpc) is 2.54. The zero-order valence-electron chi connectivity index (χ0n) is 12.1. The minimum Gasteiger partial charge on any atom is -0.497 e. The SMILES string of the molecule is COc1ccc(C(=S)C(=O)Nc2ccc(S(N)(=O)=O)cc2)cc1. The molecule has 6 nitrogen and oxygen atoms in total. The molecule has 0 aliphatic heterocycles. The molecule has 0 aliphatic carbocycles. The van der Waals surface area contributed by atoms with Crippen molar-refractivity contribution in [3.05, 3.63) is 54.1 Å². The summed E-state index contributed by atoms with van der Waals surface area (Å²) in [5.74, 6) is 0.198. The smallest absolute Gasteiger partial charge is 0.267 e. The van der Waals surface area contributed by atoms with Gasteiger partial charge in [-0.05, 0) is 54.1 Å². The fourth-order valence-electron chi connectivity index (χ4n) is 1.79. The molecular formula is C15H14N2O4S2. The van der Waals surface area contributed by atoms with Crippen LogP contribution in [0.2, 0.25) is 0 Å². The quantitative estimate of drug-likeness (QED) is 0.632. The van der Waals surface area contributed by atoms with E-state index in [-0.39, 0.29) is 9.76 Å². The maximum absolute atomic E-state index is 12.1. The molecule has 120 valence electrons. The summed E-state index contributed by atoms with van der Waals surface area (Å²) in [5.41, 5.74) is 0.998. The largest absolute Gasteiger partial charge is 0.497 e. The normalized spacial score (nSPS) is 10.9. The van der Waals surface area contributed by atoms with Gasteiger partial charge in [-0.25, -0.2) is 13.6 Å². The van der Waals surface area contributed by atoms with Gasteiger partial charge in [-0.15, -0.1) is 0 Å². The number of hydrogen-bond donors (Lipinski definition) is 2. The average molecular weight is 350 g/mol. The summed E-state index contributed by atoms with van der Waals surface area (Å²) in [6.07, 6.45) is 0. The first-order valence-electron chi connectivity index (χ1n) is 6.44. The van der Waals surface area contributed by atoms with Crippen molar-refractivity contribution >= 4 is 38.7 Å². The highest BCUT2D eigenvalue weighted by Gasteiger charge is 2.13. The van der Waals surface area contributed by atoms with Crippen LogP contribution in [-0.4, -0.2) is 26.3 Å². The lowest BCUT2D eigenvalue weighted by molar-refractivity contribution is -0.110. The van der Waals surface area contributed by atoms with Gasteiger partial charge in [-0.3, -0.25) is 4.79 Å². The van der Waals surface area contributed by atoms with E-state index in [0.717, 1.165) is 0 Å². The molecule has 0 heterocycles. The predicted molar refractivity (Wildman–Crippen MR) is 91.1 cm³/mol. The van der Waals surface area contributed by atoms with Crippen LogP contribution in [0.3, 0.4) is 0 Å². The van der Waals surface area contributed by atoms with Gasteiger partial charge in [0.1, 0.15) is 10.6 Å². The van der Waals surface area contributed by atoms with Gasteiger partial charge in [0, 0.05) is 5.69 Å². The first-order valence-corrected chi connectivity index (χ1v) is 8.39. The van der Waals surface area contributed by atoms with Crippen LogP contribution < -0.4 is 15.2 Å². The number of rotatable bonds is 5. The molecule has 0 radical (unpaired) electrons. The highest BCUT2D eigenvalue weighted by molar-refractivity contribution is 7.89. The molecular weight excluding hydrogens is 336 g/mol. The Morgan fingerprint density at radius 2 is 1.65 bits per heavy atom. The molecule has 0 spiro atoms. The minimum atomic E-state index is -3.76. The zero-order chi connectivity index (χ0) is 17.0. The Labute approximate surface area is 139 Å². The van der Waals surface area contributed by atoms with E-state index >= 15 is 0 Å². The molecule has 2 rings (SSSR count). The zero-order valence-corrected chi connectivity index (χ0v) is 13.8. The van der Waals surface area contributed by atoms with Crippen LogP contribution in [0.4, 0.5) is 5.69 Å². The Morgan fingerprint density at radius 3 is 2.13 bits per heavy atom. The van der Waals surface area contributed by atoms with Crippen molar-refractivity contribution in [1.82, 2.24) is 0 Å². The van der Waals surface area contributed by atoms with Crippen molar-refractivity contribution in [3.63, 3.8) is 0 Å². The number of thiocarbonyl (C=S) groups is 1. The second-order valence-corrected chi connectivity index (χ2v) is 6.55. The molecule has 1 amide bonds. The number of carbonyl (C=O) groups excluding carboxylic acids is 1.